The molecule has 124 valence electrons. The fourth-order valence-corrected chi connectivity index (χ4v) is 2.67. The minimum absolute atomic E-state index is 0.322. The maximum atomic E-state index is 12.1. The summed E-state index contributed by atoms with van der Waals surface area (Å²) in [6.07, 6.45) is 0.398. The van der Waals surface area contributed by atoms with Crippen molar-refractivity contribution in [2.45, 2.75) is 44.8 Å². The molecule has 0 radical (unpaired) electrons. The molecule has 6 heteroatoms. The van der Waals surface area contributed by atoms with Crippen molar-refractivity contribution in [3.05, 3.63) is 30.2 Å². The van der Waals surface area contributed by atoms with E-state index >= 15 is 0 Å². The van der Waals surface area contributed by atoms with E-state index in [2.05, 4.69) is 4.98 Å². The van der Waals surface area contributed by atoms with Crippen LogP contribution < -0.4 is 0 Å². The minimum atomic E-state index is -1.14. The number of aromatic nitrogens is 1. The Hall–Kier alpha value is -2.08. The Kier molecular flexibility index (Phi) is 3.80. The summed E-state index contributed by atoms with van der Waals surface area (Å²) in [6.45, 7) is 6.32. The second kappa shape index (κ2) is 5.53. The summed E-state index contributed by atoms with van der Waals surface area (Å²) >= 11 is 0. The van der Waals surface area contributed by atoms with Gasteiger partial charge < -0.3 is 19.2 Å². The van der Waals surface area contributed by atoms with Crippen LogP contribution in [-0.4, -0.2) is 39.8 Å². The highest BCUT2D eigenvalue weighted by atomic mass is 16.6. The molecule has 0 atom stereocenters. The van der Waals surface area contributed by atoms with Crippen molar-refractivity contribution >= 4 is 17.2 Å². The Balaban J connectivity index is 1.70. The van der Waals surface area contributed by atoms with Gasteiger partial charge in [-0.15, -0.1) is 0 Å². The zero-order valence-electron chi connectivity index (χ0n) is 13.7. The maximum Gasteiger partial charge on any atom is 0.410 e. The molecule has 23 heavy (non-hydrogen) atoms. The maximum absolute atomic E-state index is 12.1. The summed E-state index contributed by atoms with van der Waals surface area (Å²) in [4.78, 5) is 18.1. The molecule has 1 aromatic carbocycles. The monoisotopic (exact) mass is 318 g/mol. The van der Waals surface area contributed by atoms with E-state index in [1.54, 1.807) is 4.90 Å². The normalized spacial score (nSPS) is 18.2. The molecule has 1 aliphatic heterocycles. The number of carbonyl (C=O) groups excluding carboxylic acids is 1. The van der Waals surface area contributed by atoms with E-state index in [1.165, 1.54) is 0 Å². The van der Waals surface area contributed by atoms with Gasteiger partial charge in [0.2, 0.25) is 5.89 Å². The van der Waals surface area contributed by atoms with Crippen molar-refractivity contribution in [1.82, 2.24) is 9.88 Å². The van der Waals surface area contributed by atoms with Gasteiger partial charge in [-0.2, -0.15) is 0 Å². The van der Waals surface area contributed by atoms with Gasteiger partial charge in [-0.1, -0.05) is 12.1 Å². The number of para-hydroxylation sites is 2. The number of fused-ring (bicyclic) bond motifs is 1. The largest absolute Gasteiger partial charge is 0.444 e. The van der Waals surface area contributed by atoms with Crippen molar-refractivity contribution in [1.29, 1.82) is 0 Å². The summed E-state index contributed by atoms with van der Waals surface area (Å²) in [6, 6.07) is 7.42. The lowest BCUT2D eigenvalue weighted by molar-refractivity contribution is -0.0505. The molecular formula is C17H22N2O4. The van der Waals surface area contributed by atoms with E-state index in [0.29, 0.717) is 37.4 Å². The van der Waals surface area contributed by atoms with Crippen LogP contribution in [0.15, 0.2) is 28.7 Å². The molecule has 0 unspecified atom stereocenters. The molecule has 2 aromatic rings. The van der Waals surface area contributed by atoms with Gasteiger partial charge in [0.05, 0.1) is 0 Å². The molecule has 2 heterocycles. The first-order valence-electron chi connectivity index (χ1n) is 7.83. The second-order valence-corrected chi connectivity index (χ2v) is 6.99. The summed E-state index contributed by atoms with van der Waals surface area (Å²) in [5, 5.41) is 10.8. The molecule has 1 N–H and O–H groups in total. The summed E-state index contributed by atoms with van der Waals surface area (Å²) < 4.78 is 11.1. The number of nitrogens with zero attached hydrogens (tertiary/aromatic N) is 2. The number of hydrogen-bond acceptors (Lipinski definition) is 5. The molecule has 1 aromatic heterocycles. The molecule has 1 saturated heterocycles. The van der Waals surface area contributed by atoms with E-state index in [1.807, 2.05) is 45.0 Å². The summed E-state index contributed by atoms with van der Waals surface area (Å²) in [7, 11) is 0. The third-order valence-corrected chi connectivity index (χ3v) is 3.93. The van der Waals surface area contributed by atoms with Crippen LogP contribution in [0.3, 0.4) is 0 Å². The number of carbonyl (C=O) groups is 1. The second-order valence-electron chi connectivity index (χ2n) is 6.99. The predicted molar refractivity (Wildman–Crippen MR) is 84.9 cm³/mol. The van der Waals surface area contributed by atoms with Crippen molar-refractivity contribution in [2.75, 3.05) is 13.1 Å². The standard InChI is InChI=1S/C17H22N2O4/c1-16(2,3)23-15(20)19-10-8-17(21,9-11-19)14-18-12-6-4-5-7-13(12)22-14/h4-7,21H,8-11H2,1-3H3. The van der Waals surface area contributed by atoms with Crippen LogP contribution in [0, 0.1) is 0 Å². The fourth-order valence-electron chi connectivity index (χ4n) is 2.67. The molecule has 1 aliphatic rings. The van der Waals surface area contributed by atoms with E-state index in [4.69, 9.17) is 9.15 Å². The fraction of sp³-hybridized carbons (Fsp3) is 0.529. The van der Waals surface area contributed by atoms with Crippen molar-refractivity contribution < 1.29 is 19.1 Å². The number of aliphatic hydroxyl groups is 1. The smallest absolute Gasteiger partial charge is 0.410 e. The zero-order chi connectivity index (χ0) is 16.7. The third-order valence-electron chi connectivity index (χ3n) is 3.93. The minimum Gasteiger partial charge on any atom is -0.444 e. The molecule has 0 spiro atoms. The molecule has 1 fully saturated rings. The van der Waals surface area contributed by atoms with Gasteiger partial charge in [0.1, 0.15) is 16.7 Å². The predicted octanol–water partition coefficient (Wildman–Crippen LogP) is 3.05. The SMILES string of the molecule is CC(C)(C)OC(=O)N1CCC(O)(c2nc3ccccc3o2)CC1. The summed E-state index contributed by atoms with van der Waals surface area (Å²) in [5.41, 5.74) is -0.279. The number of hydrogen-bond donors (Lipinski definition) is 1. The van der Waals surface area contributed by atoms with E-state index in [9.17, 15) is 9.90 Å². The quantitative estimate of drug-likeness (QED) is 0.874. The molecule has 1 amide bonds. The zero-order valence-corrected chi connectivity index (χ0v) is 13.7. The highest BCUT2D eigenvalue weighted by Gasteiger charge is 2.40. The van der Waals surface area contributed by atoms with E-state index < -0.39 is 11.2 Å². The van der Waals surface area contributed by atoms with Gasteiger partial charge in [-0.05, 0) is 32.9 Å². The number of ether oxygens (including phenoxy) is 1. The van der Waals surface area contributed by atoms with Crippen molar-refractivity contribution in [2.24, 2.45) is 0 Å². The first kappa shape index (κ1) is 15.8. The van der Waals surface area contributed by atoms with Gasteiger partial charge in [0.25, 0.3) is 0 Å². The van der Waals surface area contributed by atoms with Crippen molar-refractivity contribution in [3.8, 4) is 0 Å². The average molecular weight is 318 g/mol. The lowest BCUT2D eigenvalue weighted by Crippen LogP contribution is -2.46. The van der Waals surface area contributed by atoms with Crippen molar-refractivity contribution in [3.63, 3.8) is 0 Å². The molecule has 3 rings (SSSR count). The van der Waals surface area contributed by atoms with Gasteiger partial charge in [0.15, 0.2) is 5.58 Å². The van der Waals surface area contributed by atoms with E-state index in [-0.39, 0.29) is 6.09 Å². The van der Waals surface area contributed by atoms with Gasteiger partial charge >= 0.3 is 6.09 Å². The Labute approximate surface area is 135 Å². The molecular weight excluding hydrogens is 296 g/mol. The van der Waals surface area contributed by atoms with Crippen LogP contribution in [0.25, 0.3) is 11.1 Å². The van der Waals surface area contributed by atoms with Gasteiger partial charge in [-0.3, -0.25) is 0 Å². The highest BCUT2D eigenvalue weighted by Crippen LogP contribution is 2.34. The molecule has 0 saturated carbocycles. The first-order valence-corrected chi connectivity index (χ1v) is 7.83. The van der Waals surface area contributed by atoms with Gasteiger partial charge in [0, 0.05) is 25.9 Å². The van der Waals surface area contributed by atoms with Crippen LogP contribution >= 0.6 is 0 Å². The third kappa shape index (κ3) is 3.32. The van der Waals surface area contributed by atoms with Crippen LogP contribution in [0.5, 0.6) is 0 Å². The van der Waals surface area contributed by atoms with Gasteiger partial charge in [-0.25, -0.2) is 9.78 Å². The number of rotatable bonds is 1. The lowest BCUT2D eigenvalue weighted by Gasteiger charge is -2.36. The number of oxazole rings is 1. The Morgan fingerprint density at radius 2 is 1.96 bits per heavy atom. The Bertz CT molecular complexity index is 676. The lowest BCUT2D eigenvalue weighted by atomic mass is 9.91. The average Bonchev–Trinajstić information content (AvgIpc) is 2.91. The number of likely N-dealkylation sites (tertiary alicyclic amines) is 1. The number of amides is 1. The first-order chi connectivity index (χ1) is 10.8. The Morgan fingerprint density at radius 1 is 1.30 bits per heavy atom. The molecule has 6 nitrogen and oxygen atoms in total. The molecule has 0 bridgehead atoms. The van der Waals surface area contributed by atoms with E-state index in [0.717, 1.165) is 5.52 Å². The van der Waals surface area contributed by atoms with Crippen LogP contribution in [0.1, 0.15) is 39.5 Å². The summed E-state index contributed by atoms with van der Waals surface area (Å²) in [5.74, 6) is 0.322. The Morgan fingerprint density at radius 3 is 2.57 bits per heavy atom. The van der Waals surface area contributed by atoms with Crippen LogP contribution in [0.4, 0.5) is 4.79 Å². The number of piperidine rings is 1. The van der Waals surface area contributed by atoms with Crippen LogP contribution in [0.2, 0.25) is 0 Å². The topological polar surface area (TPSA) is 75.8 Å². The number of benzene rings is 1. The van der Waals surface area contributed by atoms with Crippen LogP contribution in [-0.2, 0) is 10.3 Å². The molecule has 0 aliphatic carbocycles. The highest BCUT2D eigenvalue weighted by molar-refractivity contribution is 5.72.